The summed E-state index contributed by atoms with van der Waals surface area (Å²) in [7, 11) is 0. The predicted octanol–water partition coefficient (Wildman–Crippen LogP) is 3.46. The second-order valence-corrected chi connectivity index (χ2v) is 4.30. The van der Waals surface area contributed by atoms with Gasteiger partial charge in [0.25, 0.3) is 0 Å². The van der Waals surface area contributed by atoms with Gasteiger partial charge in [-0.2, -0.15) is 10.5 Å². The largest absolute Gasteiger partial charge is 0.488 e. The molecule has 0 radical (unpaired) electrons. The molecule has 0 aliphatic rings. The normalized spacial score (nSPS) is 9.60. The summed E-state index contributed by atoms with van der Waals surface area (Å²) in [5, 5.41) is 17.5. The Labute approximate surface area is 116 Å². The lowest BCUT2D eigenvalue weighted by atomic mass is 10.1. The zero-order valence-electron chi connectivity index (χ0n) is 10.9. The lowest BCUT2D eigenvalue weighted by molar-refractivity contribution is 0.297. The fourth-order valence-corrected chi connectivity index (χ4v) is 1.71. The highest BCUT2D eigenvalue weighted by molar-refractivity contribution is 5.42. The molecule has 0 fully saturated rings. The van der Waals surface area contributed by atoms with Gasteiger partial charge in [-0.25, -0.2) is 4.39 Å². The number of rotatable bonds is 3. The van der Waals surface area contributed by atoms with Gasteiger partial charge in [0.15, 0.2) is 0 Å². The minimum Gasteiger partial charge on any atom is -0.488 e. The van der Waals surface area contributed by atoms with Crippen molar-refractivity contribution >= 4 is 0 Å². The Hall–Kier alpha value is -2.85. The van der Waals surface area contributed by atoms with Crippen molar-refractivity contribution in [3.63, 3.8) is 0 Å². The Balaban J connectivity index is 2.17. The second kappa shape index (κ2) is 5.86. The molecule has 0 spiro atoms. The van der Waals surface area contributed by atoms with E-state index >= 15 is 0 Å². The average molecular weight is 266 g/mol. The Kier molecular flexibility index (Phi) is 3.98. The van der Waals surface area contributed by atoms with Crippen molar-refractivity contribution in [2.45, 2.75) is 13.5 Å². The molecule has 4 heteroatoms. The van der Waals surface area contributed by atoms with Crippen molar-refractivity contribution in [1.82, 2.24) is 0 Å². The van der Waals surface area contributed by atoms with Gasteiger partial charge in [-0.05, 0) is 36.8 Å². The first-order valence-corrected chi connectivity index (χ1v) is 5.96. The quantitative estimate of drug-likeness (QED) is 0.854. The highest BCUT2D eigenvalue weighted by atomic mass is 19.1. The van der Waals surface area contributed by atoms with Crippen LogP contribution in [-0.4, -0.2) is 0 Å². The molecule has 0 aliphatic heterocycles. The molecule has 98 valence electrons. The lowest BCUT2D eigenvalue weighted by Gasteiger charge is -2.10. The zero-order valence-corrected chi connectivity index (χ0v) is 10.9. The number of aryl methyl sites for hydroxylation is 1. The van der Waals surface area contributed by atoms with Gasteiger partial charge in [0.2, 0.25) is 0 Å². The van der Waals surface area contributed by atoms with Gasteiger partial charge in [-0.1, -0.05) is 12.1 Å². The van der Waals surface area contributed by atoms with Gasteiger partial charge in [-0.3, -0.25) is 0 Å². The van der Waals surface area contributed by atoms with Gasteiger partial charge >= 0.3 is 0 Å². The maximum atomic E-state index is 13.7. The SMILES string of the molecule is Cc1ccc(C#N)cc1OCc1ccc(C#N)cc1F. The fraction of sp³-hybridized carbons (Fsp3) is 0.125. The number of hydrogen-bond donors (Lipinski definition) is 0. The molecule has 0 N–H and O–H groups in total. The summed E-state index contributed by atoms with van der Waals surface area (Å²) in [4.78, 5) is 0. The Morgan fingerprint density at radius 3 is 2.35 bits per heavy atom. The molecule has 2 aromatic rings. The van der Waals surface area contributed by atoms with Gasteiger partial charge in [-0.15, -0.1) is 0 Å². The summed E-state index contributed by atoms with van der Waals surface area (Å²) in [6.07, 6.45) is 0. The first-order chi connectivity index (χ1) is 9.63. The Bertz CT molecular complexity index is 726. The van der Waals surface area contributed by atoms with E-state index in [0.29, 0.717) is 16.9 Å². The van der Waals surface area contributed by atoms with Gasteiger partial charge < -0.3 is 4.74 Å². The van der Waals surface area contributed by atoms with Crippen molar-refractivity contribution in [1.29, 1.82) is 10.5 Å². The minimum atomic E-state index is -0.474. The molecule has 3 nitrogen and oxygen atoms in total. The molecule has 0 heterocycles. The summed E-state index contributed by atoms with van der Waals surface area (Å²) in [5.74, 6) is 0.0750. The van der Waals surface area contributed by atoms with Crippen LogP contribution < -0.4 is 4.74 Å². The van der Waals surface area contributed by atoms with Crippen molar-refractivity contribution in [2.24, 2.45) is 0 Å². The summed E-state index contributed by atoms with van der Waals surface area (Å²) in [5.41, 5.74) is 2.00. The zero-order chi connectivity index (χ0) is 14.5. The summed E-state index contributed by atoms with van der Waals surface area (Å²) < 4.78 is 19.2. The Morgan fingerprint density at radius 2 is 1.70 bits per heavy atom. The summed E-state index contributed by atoms with van der Waals surface area (Å²) in [6, 6.07) is 13.3. The van der Waals surface area contributed by atoms with E-state index < -0.39 is 5.82 Å². The van der Waals surface area contributed by atoms with Crippen LogP contribution in [0.3, 0.4) is 0 Å². The van der Waals surface area contributed by atoms with Crippen LogP contribution in [0, 0.1) is 35.4 Å². The van der Waals surface area contributed by atoms with Gasteiger partial charge in [0.05, 0.1) is 23.3 Å². The number of benzene rings is 2. The van der Waals surface area contributed by atoms with Crippen LogP contribution >= 0.6 is 0 Å². The minimum absolute atomic E-state index is 0.0489. The van der Waals surface area contributed by atoms with E-state index in [-0.39, 0.29) is 12.2 Å². The van der Waals surface area contributed by atoms with E-state index in [9.17, 15) is 4.39 Å². The van der Waals surface area contributed by atoms with Crippen LogP contribution in [0.25, 0.3) is 0 Å². The molecule has 0 bridgehead atoms. The van der Waals surface area contributed by atoms with Crippen LogP contribution in [0.4, 0.5) is 4.39 Å². The molecule has 2 aromatic carbocycles. The van der Waals surface area contributed by atoms with Crippen LogP contribution in [0.5, 0.6) is 5.75 Å². The van der Waals surface area contributed by atoms with Gasteiger partial charge in [0, 0.05) is 5.56 Å². The van der Waals surface area contributed by atoms with Crippen molar-refractivity contribution in [3.05, 3.63) is 64.5 Å². The van der Waals surface area contributed by atoms with Crippen molar-refractivity contribution in [3.8, 4) is 17.9 Å². The summed E-state index contributed by atoms with van der Waals surface area (Å²) in [6.45, 7) is 1.90. The first kappa shape index (κ1) is 13.6. The maximum absolute atomic E-state index is 13.7. The number of nitriles is 2. The highest BCUT2D eigenvalue weighted by Gasteiger charge is 2.06. The number of nitrogens with zero attached hydrogens (tertiary/aromatic N) is 2. The highest BCUT2D eigenvalue weighted by Crippen LogP contribution is 2.21. The van der Waals surface area contributed by atoms with E-state index in [1.165, 1.54) is 12.1 Å². The third-order valence-corrected chi connectivity index (χ3v) is 2.88. The third-order valence-electron chi connectivity index (χ3n) is 2.88. The molecule has 0 aromatic heterocycles. The molecular weight excluding hydrogens is 255 g/mol. The van der Waals surface area contributed by atoms with E-state index in [4.69, 9.17) is 15.3 Å². The molecule has 0 amide bonds. The van der Waals surface area contributed by atoms with E-state index in [2.05, 4.69) is 0 Å². The van der Waals surface area contributed by atoms with Crippen molar-refractivity contribution in [2.75, 3.05) is 0 Å². The average Bonchev–Trinajstić information content (AvgIpc) is 2.47. The third kappa shape index (κ3) is 2.93. The standard InChI is InChI=1S/C16H11FN2O/c1-11-2-3-13(9-19)7-16(11)20-10-14-5-4-12(8-18)6-15(14)17/h2-7H,10H2,1H3. The summed E-state index contributed by atoms with van der Waals surface area (Å²) >= 11 is 0. The van der Waals surface area contributed by atoms with Crippen molar-refractivity contribution < 1.29 is 9.13 Å². The van der Waals surface area contributed by atoms with Crippen LogP contribution in [0.15, 0.2) is 36.4 Å². The first-order valence-electron chi connectivity index (χ1n) is 5.96. The topological polar surface area (TPSA) is 56.8 Å². The van der Waals surface area contributed by atoms with Crippen LogP contribution in [0.2, 0.25) is 0 Å². The maximum Gasteiger partial charge on any atom is 0.131 e. The monoisotopic (exact) mass is 266 g/mol. The van der Waals surface area contributed by atoms with Gasteiger partial charge in [0.1, 0.15) is 18.2 Å². The molecule has 0 unspecified atom stereocenters. The number of halogens is 1. The second-order valence-electron chi connectivity index (χ2n) is 4.30. The predicted molar refractivity (Wildman–Crippen MR) is 71.3 cm³/mol. The van der Waals surface area contributed by atoms with E-state index in [1.54, 1.807) is 24.3 Å². The molecular formula is C16H11FN2O. The number of ether oxygens (including phenoxy) is 1. The molecule has 0 saturated carbocycles. The fourth-order valence-electron chi connectivity index (χ4n) is 1.71. The molecule has 2 rings (SSSR count). The molecule has 0 saturated heterocycles. The molecule has 0 aliphatic carbocycles. The van der Waals surface area contributed by atoms with E-state index in [1.807, 2.05) is 19.1 Å². The van der Waals surface area contributed by atoms with E-state index in [0.717, 1.165) is 5.56 Å². The van der Waals surface area contributed by atoms with Crippen LogP contribution in [0.1, 0.15) is 22.3 Å². The Morgan fingerprint density at radius 1 is 1.05 bits per heavy atom. The molecule has 0 atom stereocenters. The smallest absolute Gasteiger partial charge is 0.131 e. The van der Waals surface area contributed by atoms with Crippen LogP contribution in [-0.2, 0) is 6.61 Å². The number of hydrogen-bond acceptors (Lipinski definition) is 3. The lowest BCUT2D eigenvalue weighted by Crippen LogP contribution is -2.00. The molecule has 20 heavy (non-hydrogen) atoms.